The highest BCUT2D eigenvalue weighted by Crippen LogP contribution is 2.19. The average Bonchev–Trinajstić information content (AvgIpc) is 2.38. The van der Waals surface area contributed by atoms with Crippen molar-refractivity contribution < 1.29 is 4.79 Å². The van der Waals surface area contributed by atoms with Crippen LogP contribution in [0.5, 0.6) is 0 Å². The molecular formula is C10H8IN5O. The van der Waals surface area contributed by atoms with Crippen LogP contribution in [0.15, 0.2) is 24.5 Å². The molecule has 1 amide bonds. The molecule has 1 aromatic carbocycles. The van der Waals surface area contributed by atoms with Gasteiger partial charge in [0.2, 0.25) is 5.82 Å². The number of carbonyl (C=O) groups excluding carboxylic acids is 1. The highest BCUT2D eigenvalue weighted by molar-refractivity contribution is 14.1. The molecule has 0 unspecified atom stereocenters. The van der Waals surface area contributed by atoms with Crippen LogP contribution in [0, 0.1) is 3.57 Å². The van der Waals surface area contributed by atoms with Crippen molar-refractivity contribution in [1.29, 1.82) is 0 Å². The van der Waals surface area contributed by atoms with Gasteiger partial charge in [0.05, 0.1) is 0 Å². The van der Waals surface area contributed by atoms with Gasteiger partial charge in [0.15, 0.2) is 6.33 Å². The molecule has 0 fully saturated rings. The van der Waals surface area contributed by atoms with E-state index in [1.165, 1.54) is 6.33 Å². The first-order chi connectivity index (χ1) is 8.20. The summed E-state index contributed by atoms with van der Waals surface area (Å²) in [7, 11) is 1.59. The summed E-state index contributed by atoms with van der Waals surface area (Å²) < 4.78 is 0.922. The molecular weight excluding hydrogens is 333 g/mol. The lowest BCUT2D eigenvalue weighted by Crippen LogP contribution is -2.18. The van der Waals surface area contributed by atoms with Crippen LogP contribution in [0.2, 0.25) is 0 Å². The molecule has 1 N–H and O–H groups in total. The Hall–Kier alpha value is -1.64. The summed E-state index contributed by atoms with van der Waals surface area (Å²) in [6, 6.07) is 5.36. The molecule has 0 atom stereocenters. The van der Waals surface area contributed by atoms with Crippen LogP contribution in [0.3, 0.4) is 0 Å². The largest absolute Gasteiger partial charge is 0.355 e. The molecule has 86 valence electrons. The Kier molecular flexibility index (Phi) is 3.57. The van der Waals surface area contributed by atoms with Crippen molar-refractivity contribution in [3.05, 3.63) is 33.7 Å². The molecule has 2 aromatic rings. The Morgan fingerprint density at radius 3 is 2.59 bits per heavy atom. The first-order valence-corrected chi connectivity index (χ1v) is 5.82. The third kappa shape index (κ3) is 2.73. The molecule has 1 aromatic heterocycles. The average molecular weight is 341 g/mol. The zero-order chi connectivity index (χ0) is 12.3. The van der Waals surface area contributed by atoms with Gasteiger partial charge in [-0.05, 0) is 40.8 Å². The van der Waals surface area contributed by atoms with Crippen molar-refractivity contribution in [1.82, 2.24) is 25.7 Å². The van der Waals surface area contributed by atoms with E-state index in [9.17, 15) is 4.79 Å². The second-order valence-electron chi connectivity index (χ2n) is 3.18. The van der Waals surface area contributed by atoms with E-state index < -0.39 is 0 Å². The SMILES string of the molecule is CNC(=O)c1cc(I)cc(-c2nncnn2)c1. The minimum absolute atomic E-state index is 0.151. The number of hydrogen-bond donors (Lipinski definition) is 1. The molecule has 0 radical (unpaired) electrons. The number of aromatic nitrogens is 4. The van der Waals surface area contributed by atoms with Crippen LogP contribution >= 0.6 is 22.6 Å². The fraction of sp³-hybridized carbons (Fsp3) is 0.100. The number of amides is 1. The predicted molar refractivity (Wildman–Crippen MR) is 69.2 cm³/mol. The van der Waals surface area contributed by atoms with Gasteiger partial charge in [-0.15, -0.1) is 20.4 Å². The van der Waals surface area contributed by atoms with E-state index >= 15 is 0 Å². The number of carbonyl (C=O) groups is 1. The molecule has 1 heterocycles. The van der Waals surface area contributed by atoms with Gasteiger partial charge < -0.3 is 5.32 Å². The second kappa shape index (κ2) is 5.13. The maximum atomic E-state index is 11.6. The number of halogens is 1. The summed E-state index contributed by atoms with van der Waals surface area (Å²) in [6.45, 7) is 0. The molecule has 0 bridgehead atoms. The van der Waals surface area contributed by atoms with E-state index in [1.807, 2.05) is 6.07 Å². The summed E-state index contributed by atoms with van der Waals surface area (Å²) in [5, 5.41) is 17.6. The van der Waals surface area contributed by atoms with E-state index in [0.29, 0.717) is 11.4 Å². The molecule has 0 aliphatic rings. The minimum Gasteiger partial charge on any atom is -0.355 e. The topological polar surface area (TPSA) is 80.7 Å². The predicted octanol–water partition coefficient (Wildman–Crippen LogP) is 0.898. The fourth-order valence-electron chi connectivity index (χ4n) is 1.31. The van der Waals surface area contributed by atoms with Crippen molar-refractivity contribution in [2.45, 2.75) is 0 Å². The normalized spacial score (nSPS) is 10.0. The van der Waals surface area contributed by atoms with Crippen molar-refractivity contribution >= 4 is 28.5 Å². The van der Waals surface area contributed by atoms with Crippen LogP contribution < -0.4 is 5.32 Å². The van der Waals surface area contributed by atoms with Crippen molar-refractivity contribution in [2.75, 3.05) is 7.05 Å². The van der Waals surface area contributed by atoms with Crippen molar-refractivity contribution in [3.63, 3.8) is 0 Å². The van der Waals surface area contributed by atoms with E-state index in [-0.39, 0.29) is 5.91 Å². The van der Waals surface area contributed by atoms with E-state index in [4.69, 9.17) is 0 Å². The van der Waals surface area contributed by atoms with E-state index in [1.54, 1.807) is 19.2 Å². The number of nitrogens with zero attached hydrogens (tertiary/aromatic N) is 4. The summed E-state index contributed by atoms with van der Waals surface area (Å²) in [5.41, 5.74) is 1.28. The lowest BCUT2D eigenvalue weighted by atomic mass is 10.1. The Labute approximate surface area is 111 Å². The van der Waals surface area contributed by atoms with E-state index in [2.05, 4.69) is 48.3 Å². The van der Waals surface area contributed by atoms with Crippen molar-refractivity contribution in [2.24, 2.45) is 0 Å². The Bertz CT molecular complexity index is 546. The van der Waals surface area contributed by atoms with Gasteiger partial charge in [0.25, 0.3) is 5.91 Å². The molecule has 0 saturated heterocycles. The van der Waals surface area contributed by atoms with Crippen LogP contribution in [-0.2, 0) is 0 Å². The highest BCUT2D eigenvalue weighted by atomic mass is 127. The number of hydrogen-bond acceptors (Lipinski definition) is 5. The van der Waals surface area contributed by atoms with Gasteiger partial charge in [-0.3, -0.25) is 4.79 Å². The van der Waals surface area contributed by atoms with Crippen LogP contribution in [0.1, 0.15) is 10.4 Å². The maximum absolute atomic E-state index is 11.6. The first-order valence-electron chi connectivity index (χ1n) is 4.74. The summed E-state index contributed by atoms with van der Waals surface area (Å²) >= 11 is 2.13. The molecule has 7 heteroatoms. The van der Waals surface area contributed by atoms with Gasteiger partial charge in [0, 0.05) is 21.7 Å². The monoisotopic (exact) mass is 341 g/mol. The Morgan fingerprint density at radius 2 is 1.94 bits per heavy atom. The fourth-order valence-corrected chi connectivity index (χ4v) is 1.98. The third-order valence-electron chi connectivity index (χ3n) is 2.05. The molecule has 0 aliphatic heterocycles. The second-order valence-corrected chi connectivity index (χ2v) is 4.42. The summed E-state index contributed by atoms with van der Waals surface area (Å²) in [4.78, 5) is 11.6. The Morgan fingerprint density at radius 1 is 1.24 bits per heavy atom. The van der Waals surface area contributed by atoms with E-state index in [0.717, 1.165) is 9.13 Å². The molecule has 0 saturated carbocycles. The quantitative estimate of drug-likeness (QED) is 0.821. The highest BCUT2D eigenvalue weighted by Gasteiger charge is 2.09. The number of benzene rings is 1. The summed E-state index contributed by atoms with van der Waals surface area (Å²) in [5.74, 6) is 0.248. The van der Waals surface area contributed by atoms with Gasteiger partial charge >= 0.3 is 0 Å². The first kappa shape index (κ1) is 11.8. The molecule has 2 rings (SSSR count). The smallest absolute Gasteiger partial charge is 0.251 e. The van der Waals surface area contributed by atoms with Gasteiger partial charge in [-0.2, -0.15) is 0 Å². The standard InChI is InChI=1S/C10H8IN5O/c1-12-10(17)7-2-6(3-8(11)4-7)9-15-13-5-14-16-9/h2-5H,1H3,(H,12,17). The third-order valence-corrected chi connectivity index (χ3v) is 2.68. The van der Waals surface area contributed by atoms with Gasteiger partial charge in [-0.25, -0.2) is 0 Å². The molecule has 0 spiro atoms. The maximum Gasteiger partial charge on any atom is 0.251 e. The van der Waals surface area contributed by atoms with Crippen LogP contribution in [0.25, 0.3) is 11.4 Å². The van der Waals surface area contributed by atoms with Crippen LogP contribution in [-0.4, -0.2) is 33.3 Å². The zero-order valence-corrected chi connectivity index (χ0v) is 11.0. The lowest BCUT2D eigenvalue weighted by Gasteiger charge is -2.04. The number of nitrogens with one attached hydrogen (secondary N) is 1. The molecule has 0 aliphatic carbocycles. The Balaban J connectivity index is 2.49. The molecule has 6 nitrogen and oxygen atoms in total. The summed E-state index contributed by atoms with van der Waals surface area (Å²) in [6.07, 6.45) is 1.26. The minimum atomic E-state index is -0.151. The number of rotatable bonds is 2. The molecule has 17 heavy (non-hydrogen) atoms. The van der Waals surface area contributed by atoms with Gasteiger partial charge in [-0.1, -0.05) is 0 Å². The van der Waals surface area contributed by atoms with Crippen molar-refractivity contribution in [3.8, 4) is 11.4 Å². The zero-order valence-electron chi connectivity index (χ0n) is 8.88. The van der Waals surface area contributed by atoms with Gasteiger partial charge in [0.1, 0.15) is 0 Å². The van der Waals surface area contributed by atoms with Crippen LogP contribution in [0.4, 0.5) is 0 Å². The lowest BCUT2D eigenvalue weighted by molar-refractivity contribution is 0.0963.